The van der Waals surface area contributed by atoms with E-state index in [0.717, 1.165) is 70.2 Å². The Morgan fingerprint density at radius 2 is 1.59 bits per heavy atom. The first-order valence-electron chi connectivity index (χ1n) is 14.4. The van der Waals surface area contributed by atoms with Crippen molar-refractivity contribution >= 4 is 65.4 Å². The first kappa shape index (κ1) is 30.5. The first-order valence-corrected chi connectivity index (χ1v) is 16.0. The molecule has 0 bridgehead atoms. The summed E-state index contributed by atoms with van der Waals surface area (Å²) in [6.45, 7) is 10.8. The molecule has 2 heterocycles. The van der Waals surface area contributed by atoms with Gasteiger partial charge in [-0.2, -0.15) is 0 Å². The number of fused-ring (bicyclic) bond motifs is 1. The van der Waals surface area contributed by atoms with E-state index < -0.39 is 0 Å². The van der Waals surface area contributed by atoms with Crippen LogP contribution in [0.2, 0.25) is 0 Å². The number of hydrogen-bond acceptors (Lipinski definition) is 10. The number of esters is 1. The Labute approximate surface area is 250 Å². The lowest BCUT2D eigenvalue weighted by atomic mass is 10.00. The molecule has 4 aromatic rings. The number of aromatic nitrogens is 1. The van der Waals surface area contributed by atoms with Gasteiger partial charge in [0.2, 0.25) is 5.13 Å². The van der Waals surface area contributed by atoms with Gasteiger partial charge in [0.25, 0.3) is 0 Å². The number of azo groups is 2. The van der Waals surface area contributed by atoms with E-state index in [4.69, 9.17) is 4.74 Å². The molecular weight excluding hydrogens is 553 g/mol. The predicted octanol–water partition coefficient (Wildman–Crippen LogP) is 10.3. The fourth-order valence-corrected chi connectivity index (χ4v) is 6.24. The van der Waals surface area contributed by atoms with Gasteiger partial charge in [-0.3, -0.25) is 4.79 Å². The van der Waals surface area contributed by atoms with Gasteiger partial charge in [-0.05, 0) is 74.7 Å². The number of benzene rings is 2. The van der Waals surface area contributed by atoms with E-state index in [1.165, 1.54) is 28.4 Å². The topological polar surface area (TPSA) is 91.9 Å². The Bertz CT molecular complexity index is 1410. The van der Waals surface area contributed by atoms with E-state index in [0.29, 0.717) is 18.2 Å². The van der Waals surface area contributed by atoms with E-state index in [9.17, 15) is 4.79 Å². The van der Waals surface area contributed by atoms with Crippen molar-refractivity contribution in [2.24, 2.45) is 26.4 Å². The van der Waals surface area contributed by atoms with Crippen LogP contribution in [0.5, 0.6) is 0 Å². The quantitative estimate of drug-likeness (QED) is 0.102. The first-order chi connectivity index (χ1) is 20.0. The lowest BCUT2D eigenvalue weighted by Gasteiger charge is -2.20. The Morgan fingerprint density at radius 3 is 2.22 bits per heavy atom. The van der Waals surface area contributed by atoms with Crippen LogP contribution in [0.1, 0.15) is 58.9 Å². The van der Waals surface area contributed by atoms with E-state index >= 15 is 0 Å². The van der Waals surface area contributed by atoms with Gasteiger partial charge in [0.05, 0.1) is 28.6 Å². The summed E-state index contributed by atoms with van der Waals surface area (Å²) in [5.41, 5.74) is 3.85. The average Bonchev–Trinajstić information content (AvgIpc) is 3.56. The number of thiophene rings is 1. The number of hydrogen-bond donors (Lipinski definition) is 0. The number of nitrogens with zero attached hydrogens (tertiary/aromatic N) is 6. The second-order valence-electron chi connectivity index (χ2n) is 9.67. The van der Waals surface area contributed by atoms with E-state index in [2.05, 4.69) is 63.2 Å². The van der Waals surface area contributed by atoms with Crippen LogP contribution in [0.3, 0.4) is 0 Å². The van der Waals surface area contributed by atoms with E-state index in [-0.39, 0.29) is 11.9 Å². The van der Waals surface area contributed by atoms with Gasteiger partial charge in [-0.15, -0.1) is 20.5 Å². The van der Waals surface area contributed by atoms with E-state index in [1.807, 2.05) is 49.4 Å². The van der Waals surface area contributed by atoms with Crippen LogP contribution >= 0.6 is 22.7 Å². The smallest absolute Gasteiger partial charge is 0.308 e. The van der Waals surface area contributed by atoms with Crippen LogP contribution in [-0.4, -0.2) is 30.6 Å². The number of rotatable bonds is 15. The maximum Gasteiger partial charge on any atom is 0.308 e. The van der Waals surface area contributed by atoms with Crippen molar-refractivity contribution in [3.63, 3.8) is 0 Å². The Kier molecular flexibility index (Phi) is 11.5. The Hall–Kier alpha value is -3.50. The third kappa shape index (κ3) is 8.74. The summed E-state index contributed by atoms with van der Waals surface area (Å²) < 4.78 is 6.53. The van der Waals surface area contributed by atoms with Gasteiger partial charge < -0.3 is 9.64 Å². The molecule has 41 heavy (non-hydrogen) atoms. The minimum atomic E-state index is -0.0763. The maximum atomic E-state index is 12.3. The molecule has 0 radical (unpaired) electrons. The van der Waals surface area contributed by atoms with Crippen LogP contribution in [0.4, 0.5) is 27.2 Å². The van der Waals surface area contributed by atoms with Gasteiger partial charge >= 0.3 is 5.97 Å². The Morgan fingerprint density at radius 1 is 0.902 bits per heavy atom. The molecule has 2 aromatic heterocycles. The van der Waals surface area contributed by atoms with Gasteiger partial charge in [0.1, 0.15) is 9.83 Å². The molecule has 10 heteroatoms. The third-order valence-electron chi connectivity index (χ3n) is 6.86. The summed E-state index contributed by atoms with van der Waals surface area (Å²) in [7, 11) is 0. The van der Waals surface area contributed by atoms with Crippen LogP contribution in [0.25, 0.3) is 9.53 Å². The molecule has 8 nitrogen and oxygen atoms in total. The SMILES string of the molecule is CCCCC(CC)C(=O)OCCc1ccc(N=Nc2cc3sc(N=Nc4ccc(N(CC)CC)cc4)nc3s2)cc1. The summed E-state index contributed by atoms with van der Waals surface area (Å²) in [6, 6.07) is 17.9. The van der Waals surface area contributed by atoms with Gasteiger partial charge in [-0.25, -0.2) is 4.98 Å². The van der Waals surface area contributed by atoms with Gasteiger partial charge in [0.15, 0.2) is 0 Å². The summed E-state index contributed by atoms with van der Waals surface area (Å²) in [6.07, 6.45) is 4.57. The highest BCUT2D eigenvalue weighted by molar-refractivity contribution is 7.30. The van der Waals surface area contributed by atoms with Gasteiger partial charge in [0, 0.05) is 25.2 Å². The van der Waals surface area contributed by atoms with E-state index in [1.54, 1.807) is 0 Å². The van der Waals surface area contributed by atoms with Crippen molar-refractivity contribution in [3.8, 4) is 0 Å². The largest absolute Gasteiger partial charge is 0.465 e. The summed E-state index contributed by atoms with van der Waals surface area (Å²) in [5.74, 6) is -0.0650. The molecule has 0 aliphatic carbocycles. The van der Waals surface area contributed by atoms with Gasteiger partial charge in [-0.1, -0.05) is 61.5 Å². The molecule has 2 aromatic carbocycles. The maximum absolute atomic E-state index is 12.3. The van der Waals surface area contributed by atoms with Crippen molar-refractivity contribution in [2.75, 3.05) is 24.6 Å². The second kappa shape index (κ2) is 15.5. The molecule has 0 saturated heterocycles. The average molecular weight is 591 g/mol. The number of unbranched alkanes of at least 4 members (excludes halogenated alkanes) is 1. The van der Waals surface area contributed by atoms with Crippen LogP contribution in [0.15, 0.2) is 75.1 Å². The molecule has 0 aliphatic rings. The molecule has 0 N–H and O–H groups in total. The zero-order chi connectivity index (χ0) is 29.0. The predicted molar refractivity (Wildman–Crippen MR) is 170 cm³/mol. The highest BCUT2D eigenvalue weighted by atomic mass is 32.1. The molecule has 4 rings (SSSR count). The van der Waals surface area contributed by atoms with Crippen LogP contribution < -0.4 is 4.90 Å². The molecule has 0 spiro atoms. The number of carbonyl (C=O) groups is 1. The fourth-order valence-electron chi connectivity index (χ4n) is 4.39. The third-order valence-corrected chi connectivity index (χ3v) is 8.79. The van der Waals surface area contributed by atoms with Crippen LogP contribution in [0, 0.1) is 5.92 Å². The monoisotopic (exact) mass is 590 g/mol. The summed E-state index contributed by atoms with van der Waals surface area (Å²) >= 11 is 2.96. The minimum Gasteiger partial charge on any atom is -0.465 e. The zero-order valence-electron chi connectivity index (χ0n) is 24.2. The normalized spacial score (nSPS) is 12.5. The molecule has 1 unspecified atom stereocenters. The molecule has 0 aliphatic heterocycles. The number of ether oxygens (including phenoxy) is 1. The molecule has 0 saturated carbocycles. The molecule has 216 valence electrons. The second-order valence-corrected chi connectivity index (χ2v) is 11.7. The van der Waals surface area contributed by atoms with Crippen molar-refractivity contribution in [2.45, 2.75) is 59.8 Å². The Balaban J connectivity index is 1.27. The fraction of sp³-hybridized carbons (Fsp3) is 0.419. The number of anilines is 1. The number of carbonyl (C=O) groups excluding carboxylic acids is 1. The minimum absolute atomic E-state index is 0.0113. The van der Waals surface area contributed by atoms with Crippen molar-refractivity contribution in [3.05, 3.63) is 60.2 Å². The van der Waals surface area contributed by atoms with Crippen molar-refractivity contribution in [1.29, 1.82) is 0 Å². The zero-order valence-corrected chi connectivity index (χ0v) is 25.9. The summed E-state index contributed by atoms with van der Waals surface area (Å²) in [4.78, 5) is 20.0. The number of thiazole rings is 1. The lowest BCUT2D eigenvalue weighted by molar-refractivity contribution is -0.148. The molecule has 1 atom stereocenters. The van der Waals surface area contributed by atoms with Crippen molar-refractivity contribution in [1.82, 2.24) is 4.98 Å². The highest BCUT2D eigenvalue weighted by Crippen LogP contribution is 2.39. The molecular formula is C31H38N6O2S2. The lowest BCUT2D eigenvalue weighted by Crippen LogP contribution is -2.21. The standard InChI is InChI=1S/C31H38N6O2S2/c1-5-9-10-23(6-2)30(38)39-20-19-22-11-13-24(14-12-22)33-35-28-21-27-29(41-28)32-31(40-27)36-34-25-15-17-26(18-16-25)37(7-3)8-4/h11-18,21,23H,5-10,19-20H2,1-4H3. The van der Waals surface area contributed by atoms with Crippen molar-refractivity contribution < 1.29 is 9.53 Å². The molecule has 0 amide bonds. The highest BCUT2D eigenvalue weighted by Gasteiger charge is 2.17. The van der Waals surface area contributed by atoms with Crippen LogP contribution in [-0.2, 0) is 16.0 Å². The summed E-state index contributed by atoms with van der Waals surface area (Å²) in [5, 5.41) is 18.9. The molecule has 0 fully saturated rings.